The van der Waals surface area contributed by atoms with Crippen molar-refractivity contribution in [2.75, 3.05) is 7.11 Å². The van der Waals surface area contributed by atoms with Gasteiger partial charge in [-0.15, -0.1) is 0 Å². The number of carboxylic acids is 1. The van der Waals surface area contributed by atoms with Gasteiger partial charge in [0, 0.05) is 0 Å². The maximum atomic E-state index is 11.3. The van der Waals surface area contributed by atoms with E-state index in [1.165, 1.54) is 7.11 Å². The molecule has 1 saturated carbocycles. The molecule has 0 heterocycles. The van der Waals surface area contributed by atoms with Gasteiger partial charge in [-0.25, -0.2) is 0 Å². The zero-order valence-corrected chi connectivity index (χ0v) is 8.29. The van der Waals surface area contributed by atoms with Gasteiger partial charge in [0.05, 0.1) is 31.2 Å². The van der Waals surface area contributed by atoms with Gasteiger partial charge in [-0.1, -0.05) is 0 Å². The highest BCUT2D eigenvalue weighted by Crippen LogP contribution is 2.31. The van der Waals surface area contributed by atoms with Gasteiger partial charge in [0.15, 0.2) is 0 Å². The van der Waals surface area contributed by atoms with Crippen LogP contribution in [-0.4, -0.2) is 46.6 Å². The van der Waals surface area contributed by atoms with Gasteiger partial charge in [-0.3, -0.25) is 9.59 Å². The average Bonchev–Trinajstić information content (AvgIpc) is 2.20. The second-order valence-corrected chi connectivity index (χ2v) is 3.68. The van der Waals surface area contributed by atoms with E-state index >= 15 is 0 Å². The van der Waals surface area contributed by atoms with Crippen LogP contribution in [0.5, 0.6) is 0 Å². The first-order valence-corrected chi connectivity index (χ1v) is 4.64. The Morgan fingerprint density at radius 2 is 1.60 bits per heavy atom. The molecule has 0 spiro atoms. The second-order valence-electron chi connectivity index (χ2n) is 3.68. The molecule has 0 aliphatic heterocycles. The van der Waals surface area contributed by atoms with Gasteiger partial charge in [0.25, 0.3) is 0 Å². The number of carboxylic acid groups (broad SMARTS) is 1. The Kier molecular flexibility index (Phi) is 3.65. The van der Waals surface area contributed by atoms with Crippen LogP contribution in [0.1, 0.15) is 12.8 Å². The number of hydrogen-bond acceptors (Lipinski definition) is 5. The molecule has 15 heavy (non-hydrogen) atoms. The molecule has 0 bridgehead atoms. The number of hydrogen-bond donors (Lipinski definition) is 3. The zero-order valence-electron chi connectivity index (χ0n) is 8.29. The number of esters is 1. The number of ether oxygens (including phenoxy) is 1. The molecule has 0 radical (unpaired) electrons. The molecule has 0 saturated heterocycles. The van der Waals surface area contributed by atoms with Crippen LogP contribution >= 0.6 is 0 Å². The SMILES string of the molecule is COC(=O)[C@H]1C[C@@H](O)[C@@H](O)C[C@@H]1C(=O)O. The summed E-state index contributed by atoms with van der Waals surface area (Å²) in [6.45, 7) is 0. The minimum absolute atomic E-state index is 0.0786. The summed E-state index contributed by atoms with van der Waals surface area (Å²) in [4.78, 5) is 22.1. The van der Waals surface area contributed by atoms with E-state index in [0.29, 0.717) is 0 Å². The Balaban J connectivity index is 2.81. The van der Waals surface area contributed by atoms with Crippen LogP contribution in [-0.2, 0) is 14.3 Å². The molecule has 0 aromatic carbocycles. The quantitative estimate of drug-likeness (QED) is 0.513. The summed E-state index contributed by atoms with van der Waals surface area (Å²) in [6.07, 6.45) is -2.36. The van der Waals surface area contributed by atoms with Gasteiger partial charge in [0.1, 0.15) is 0 Å². The molecule has 6 heteroatoms. The lowest BCUT2D eigenvalue weighted by molar-refractivity contribution is -0.164. The Labute approximate surface area is 86.5 Å². The zero-order chi connectivity index (χ0) is 11.6. The first-order valence-electron chi connectivity index (χ1n) is 4.64. The predicted octanol–water partition coefficient (Wildman–Crippen LogP) is -1.01. The Hall–Kier alpha value is -1.14. The smallest absolute Gasteiger partial charge is 0.309 e. The van der Waals surface area contributed by atoms with Crippen molar-refractivity contribution < 1.29 is 29.6 Å². The fraction of sp³-hybridized carbons (Fsp3) is 0.778. The molecular weight excluding hydrogens is 204 g/mol. The van der Waals surface area contributed by atoms with E-state index < -0.39 is 36.0 Å². The van der Waals surface area contributed by atoms with Crippen molar-refractivity contribution in [1.29, 1.82) is 0 Å². The number of methoxy groups -OCH3 is 1. The van der Waals surface area contributed by atoms with Gasteiger partial charge in [-0.05, 0) is 12.8 Å². The highest BCUT2D eigenvalue weighted by atomic mass is 16.5. The number of rotatable bonds is 2. The average molecular weight is 218 g/mol. The molecule has 1 aliphatic rings. The van der Waals surface area contributed by atoms with Crippen molar-refractivity contribution in [2.24, 2.45) is 11.8 Å². The summed E-state index contributed by atoms with van der Waals surface area (Å²) < 4.78 is 4.46. The summed E-state index contributed by atoms with van der Waals surface area (Å²) in [6, 6.07) is 0. The standard InChI is InChI=1S/C9H14O6/c1-15-9(14)5-3-7(11)6(10)2-4(5)8(12)13/h4-7,10-11H,2-3H2,1H3,(H,12,13)/t4-,5-,6-,7+/m0/s1. The third kappa shape index (κ3) is 2.45. The van der Waals surface area contributed by atoms with Crippen LogP contribution < -0.4 is 0 Å². The Morgan fingerprint density at radius 3 is 2.00 bits per heavy atom. The predicted molar refractivity (Wildman–Crippen MR) is 47.9 cm³/mol. The van der Waals surface area contributed by atoms with Gasteiger partial charge < -0.3 is 20.1 Å². The third-order valence-electron chi connectivity index (χ3n) is 2.74. The van der Waals surface area contributed by atoms with Gasteiger partial charge in [0.2, 0.25) is 0 Å². The van der Waals surface area contributed by atoms with E-state index in [9.17, 15) is 19.8 Å². The van der Waals surface area contributed by atoms with Crippen molar-refractivity contribution in [2.45, 2.75) is 25.0 Å². The molecule has 3 N–H and O–H groups in total. The Morgan fingerprint density at radius 1 is 1.13 bits per heavy atom. The van der Waals surface area contributed by atoms with Crippen LogP contribution in [0.2, 0.25) is 0 Å². The molecule has 0 amide bonds. The van der Waals surface area contributed by atoms with Crippen molar-refractivity contribution in [3.63, 3.8) is 0 Å². The monoisotopic (exact) mass is 218 g/mol. The Bertz CT molecular complexity index is 263. The largest absolute Gasteiger partial charge is 0.481 e. The van der Waals surface area contributed by atoms with Gasteiger partial charge in [-0.2, -0.15) is 0 Å². The first kappa shape index (κ1) is 11.9. The minimum Gasteiger partial charge on any atom is -0.481 e. The molecule has 1 fully saturated rings. The first-order chi connectivity index (χ1) is 6.97. The van der Waals surface area contributed by atoms with E-state index in [0.717, 1.165) is 0 Å². The number of carbonyl (C=O) groups is 2. The summed E-state index contributed by atoms with van der Waals surface area (Å²) >= 11 is 0. The van der Waals surface area contributed by atoms with E-state index in [2.05, 4.69) is 4.74 Å². The fourth-order valence-electron chi connectivity index (χ4n) is 1.85. The van der Waals surface area contributed by atoms with Crippen LogP contribution in [0.25, 0.3) is 0 Å². The van der Waals surface area contributed by atoms with Crippen molar-refractivity contribution in [3.8, 4) is 0 Å². The lowest BCUT2D eigenvalue weighted by Gasteiger charge is -2.33. The highest BCUT2D eigenvalue weighted by molar-refractivity contribution is 5.81. The third-order valence-corrected chi connectivity index (χ3v) is 2.74. The molecule has 0 aromatic rings. The van der Waals surface area contributed by atoms with E-state index in [1.54, 1.807) is 0 Å². The van der Waals surface area contributed by atoms with Crippen LogP contribution in [0.3, 0.4) is 0 Å². The molecular formula is C9H14O6. The van der Waals surface area contributed by atoms with Crippen molar-refractivity contribution >= 4 is 11.9 Å². The lowest BCUT2D eigenvalue weighted by atomic mass is 9.76. The number of aliphatic hydroxyl groups is 2. The van der Waals surface area contributed by atoms with Crippen molar-refractivity contribution in [1.82, 2.24) is 0 Å². The van der Waals surface area contributed by atoms with E-state index in [-0.39, 0.29) is 12.8 Å². The van der Waals surface area contributed by atoms with E-state index in [4.69, 9.17) is 5.11 Å². The van der Waals surface area contributed by atoms with Crippen molar-refractivity contribution in [3.05, 3.63) is 0 Å². The fourth-order valence-corrected chi connectivity index (χ4v) is 1.85. The molecule has 4 atom stereocenters. The highest BCUT2D eigenvalue weighted by Gasteiger charge is 2.43. The normalized spacial score (nSPS) is 35.9. The van der Waals surface area contributed by atoms with Gasteiger partial charge >= 0.3 is 11.9 Å². The molecule has 86 valence electrons. The number of aliphatic carboxylic acids is 1. The van der Waals surface area contributed by atoms with Crippen LogP contribution in [0, 0.1) is 11.8 Å². The summed E-state index contributed by atoms with van der Waals surface area (Å²) in [5.74, 6) is -3.69. The summed E-state index contributed by atoms with van der Waals surface area (Å²) in [7, 11) is 1.17. The molecule has 1 aliphatic carbocycles. The minimum atomic E-state index is -1.16. The number of aliphatic hydroxyl groups excluding tert-OH is 2. The summed E-state index contributed by atoms with van der Waals surface area (Å²) in [5, 5.41) is 27.5. The summed E-state index contributed by atoms with van der Waals surface area (Å²) in [5.41, 5.74) is 0. The number of carbonyl (C=O) groups excluding carboxylic acids is 1. The van der Waals surface area contributed by atoms with Crippen LogP contribution in [0.15, 0.2) is 0 Å². The van der Waals surface area contributed by atoms with Crippen LogP contribution in [0.4, 0.5) is 0 Å². The molecule has 0 unspecified atom stereocenters. The topological polar surface area (TPSA) is 104 Å². The maximum Gasteiger partial charge on any atom is 0.309 e. The van der Waals surface area contributed by atoms with E-state index in [1.807, 2.05) is 0 Å². The maximum absolute atomic E-state index is 11.3. The lowest BCUT2D eigenvalue weighted by Crippen LogP contribution is -2.45. The molecule has 0 aromatic heterocycles. The molecule has 1 rings (SSSR count). The second kappa shape index (κ2) is 4.59. The molecule has 6 nitrogen and oxygen atoms in total.